The van der Waals surface area contributed by atoms with Crippen LogP contribution in [-0.2, 0) is 9.84 Å². The first kappa shape index (κ1) is 14.8. The largest absolute Gasteiger partial charge is 0.490 e. The van der Waals surface area contributed by atoms with Gasteiger partial charge in [0, 0.05) is 6.26 Å². The molecule has 6 heteroatoms. The molecule has 0 spiro atoms. The molecule has 0 saturated heterocycles. The molecule has 1 aliphatic carbocycles. The Labute approximate surface area is 119 Å². The second-order valence-corrected chi connectivity index (χ2v) is 7.16. The molecule has 1 N–H and O–H groups in total. The van der Waals surface area contributed by atoms with Crippen LogP contribution in [-0.4, -0.2) is 33.9 Å². The van der Waals surface area contributed by atoms with Crippen LogP contribution in [0.5, 0.6) is 5.75 Å². The monoisotopic (exact) mass is 294 g/mol. The van der Waals surface area contributed by atoms with Crippen LogP contribution in [0.25, 0.3) is 0 Å². The molecule has 1 aromatic rings. The van der Waals surface area contributed by atoms with Gasteiger partial charge in [-0.25, -0.2) is 8.42 Å². The quantitative estimate of drug-likeness (QED) is 0.857. The fourth-order valence-corrected chi connectivity index (χ4v) is 2.80. The zero-order valence-corrected chi connectivity index (χ0v) is 12.4. The molecule has 0 amide bonds. The molecule has 1 atom stereocenters. The number of hydrogen-bond donors (Lipinski definition) is 1. The van der Waals surface area contributed by atoms with Gasteiger partial charge >= 0.3 is 0 Å². The van der Waals surface area contributed by atoms with E-state index in [0.29, 0.717) is 11.7 Å². The van der Waals surface area contributed by atoms with Crippen molar-refractivity contribution < 1.29 is 13.2 Å². The van der Waals surface area contributed by atoms with Crippen LogP contribution in [0, 0.1) is 17.2 Å². The summed E-state index contributed by atoms with van der Waals surface area (Å²) in [6.45, 7) is 0.206. The van der Waals surface area contributed by atoms with E-state index in [2.05, 4.69) is 11.4 Å². The second kappa shape index (κ2) is 5.43. The maximum absolute atomic E-state index is 11.5. The first-order valence-corrected chi connectivity index (χ1v) is 8.33. The van der Waals surface area contributed by atoms with Gasteiger partial charge in [0.15, 0.2) is 9.84 Å². The third kappa shape index (κ3) is 3.11. The van der Waals surface area contributed by atoms with Crippen molar-refractivity contribution >= 4 is 9.84 Å². The third-order valence-corrected chi connectivity index (χ3v) is 4.73. The van der Waals surface area contributed by atoms with Gasteiger partial charge in [0.2, 0.25) is 0 Å². The average molecular weight is 294 g/mol. The zero-order valence-electron chi connectivity index (χ0n) is 11.6. The van der Waals surface area contributed by atoms with Gasteiger partial charge in [0.25, 0.3) is 0 Å². The van der Waals surface area contributed by atoms with Crippen molar-refractivity contribution in [2.45, 2.75) is 23.3 Å². The molecule has 1 aliphatic rings. The lowest BCUT2D eigenvalue weighted by Gasteiger charge is -2.26. The molecule has 0 aliphatic heterocycles. The van der Waals surface area contributed by atoms with Crippen molar-refractivity contribution in [2.24, 2.45) is 5.92 Å². The molecule has 1 unspecified atom stereocenters. The van der Waals surface area contributed by atoms with E-state index in [9.17, 15) is 13.7 Å². The van der Waals surface area contributed by atoms with E-state index in [4.69, 9.17) is 4.74 Å². The first-order chi connectivity index (χ1) is 9.41. The van der Waals surface area contributed by atoms with Gasteiger partial charge in [-0.1, -0.05) is 6.07 Å². The molecule has 0 radical (unpaired) electrons. The predicted molar refractivity (Wildman–Crippen MR) is 75.2 cm³/mol. The highest BCUT2D eigenvalue weighted by Crippen LogP contribution is 2.39. The first-order valence-electron chi connectivity index (χ1n) is 6.44. The molecule has 20 heavy (non-hydrogen) atoms. The summed E-state index contributed by atoms with van der Waals surface area (Å²) in [7, 11) is -1.51. The Kier molecular flexibility index (Phi) is 4.02. The SMILES string of the molecule is CNC(C#N)(COc1cccc(S(C)(=O)=O)c1)C1CC1. The van der Waals surface area contributed by atoms with Crippen LogP contribution in [0.1, 0.15) is 12.8 Å². The molecule has 0 heterocycles. The van der Waals surface area contributed by atoms with Gasteiger partial charge in [-0.3, -0.25) is 5.32 Å². The lowest BCUT2D eigenvalue weighted by Crippen LogP contribution is -2.49. The van der Waals surface area contributed by atoms with Gasteiger partial charge in [0.05, 0.1) is 11.0 Å². The highest BCUT2D eigenvalue weighted by atomic mass is 32.2. The maximum atomic E-state index is 11.5. The number of likely N-dealkylation sites (N-methyl/N-ethyl adjacent to an activating group) is 1. The molecule has 0 aromatic heterocycles. The number of sulfone groups is 1. The number of hydrogen-bond acceptors (Lipinski definition) is 5. The van der Waals surface area contributed by atoms with Crippen LogP contribution >= 0.6 is 0 Å². The summed E-state index contributed by atoms with van der Waals surface area (Å²) >= 11 is 0. The van der Waals surface area contributed by atoms with Crippen molar-refractivity contribution in [3.05, 3.63) is 24.3 Å². The van der Waals surface area contributed by atoms with Gasteiger partial charge < -0.3 is 4.74 Å². The summed E-state index contributed by atoms with van der Waals surface area (Å²) in [4.78, 5) is 0.216. The fraction of sp³-hybridized carbons (Fsp3) is 0.500. The van der Waals surface area contributed by atoms with E-state index in [0.717, 1.165) is 19.1 Å². The third-order valence-electron chi connectivity index (χ3n) is 3.62. The summed E-state index contributed by atoms with van der Waals surface area (Å²) in [6.07, 6.45) is 3.19. The van der Waals surface area contributed by atoms with Crippen molar-refractivity contribution in [2.75, 3.05) is 19.9 Å². The smallest absolute Gasteiger partial charge is 0.175 e. The van der Waals surface area contributed by atoms with Crippen LogP contribution in [0.3, 0.4) is 0 Å². The molecule has 0 bridgehead atoms. The van der Waals surface area contributed by atoms with Crippen LogP contribution < -0.4 is 10.1 Å². The van der Waals surface area contributed by atoms with E-state index in [1.807, 2.05) is 0 Å². The van der Waals surface area contributed by atoms with Gasteiger partial charge in [-0.2, -0.15) is 5.26 Å². The summed E-state index contributed by atoms with van der Waals surface area (Å²) in [5, 5.41) is 12.4. The number of nitrogens with zero attached hydrogens (tertiary/aromatic N) is 1. The van der Waals surface area contributed by atoms with Crippen LogP contribution in [0.2, 0.25) is 0 Å². The minimum Gasteiger partial charge on any atom is -0.490 e. The highest BCUT2D eigenvalue weighted by molar-refractivity contribution is 7.90. The van der Waals surface area contributed by atoms with E-state index in [-0.39, 0.29) is 11.5 Å². The normalized spacial score (nSPS) is 18.1. The predicted octanol–water partition coefficient (Wildman–Crippen LogP) is 1.36. The highest BCUT2D eigenvalue weighted by Gasteiger charge is 2.45. The van der Waals surface area contributed by atoms with Crippen molar-refractivity contribution in [3.63, 3.8) is 0 Å². The van der Waals surface area contributed by atoms with Crippen molar-refractivity contribution in [3.8, 4) is 11.8 Å². The minimum absolute atomic E-state index is 0.206. The van der Waals surface area contributed by atoms with E-state index in [1.54, 1.807) is 19.2 Å². The number of rotatable bonds is 6. The average Bonchev–Trinajstić information content (AvgIpc) is 3.25. The Balaban J connectivity index is 2.13. The van der Waals surface area contributed by atoms with E-state index >= 15 is 0 Å². The second-order valence-electron chi connectivity index (χ2n) is 5.14. The van der Waals surface area contributed by atoms with E-state index in [1.165, 1.54) is 12.1 Å². The molecule has 1 saturated carbocycles. The summed E-state index contributed by atoms with van der Waals surface area (Å²) in [5.74, 6) is 0.763. The lowest BCUT2D eigenvalue weighted by molar-refractivity contribution is 0.210. The number of nitrogens with one attached hydrogen (secondary N) is 1. The van der Waals surface area contributed by atoms with Gasteiger partial charge in [-0.05, 0) is 44.0 Å². The Morgan fingerprint density at radius 3 is 2.70 bits per heavy atom. The molecule has 5 nitrogen and oxygen atoms in total. The van der Waals surface area contributed by atoms with Crippen LogP contribution in [0.15, 0.2) is 29.2 Å². The van der Waals surface area contributed by atoms with Crippen LogP contribution in [0.4, 0.5) is 0 Å². The Hall–Kier alpha value is -1.58. The molecule has 108 valence electrons. The molecule has 1 aromatic carbocycles. The Morgan fingerprint density at radius 1 is 1.50 bits per heavy atom. The zero-order chi connectivity index (χ0) is 14.8. The molecule has 2 rings (SSSR count). The minimum atomic E-state index is -3.25. The topological polar surface area (TPSA) is 79.2 Å². The van der Waals surface area contributed by atoms with Gasteiger partial charge in [0.1, 0.15) is 17.9 Å². The van der Waals surface area contributed by atoms with Crippen molar-refractivity contribution in [1.82, 2.24) is 5.32 Å². The molecule has 1 fully saturated rings. The Morgan fingerprint density at radius 2 is 2.20 bits per heavy atom. The molecular weight excluding hydrogens is 276 g/mol. The maximum Gasteiger partial charge on any atom is 0.175 e. The summed E-state index contributed by atoms with van der Waals surface area (Å²) in [5.41, 5.74) is -0.693. The van der Waals surface area contributed by atoms with Gasteiger partial charge in [-0.15, -0.1) is 0 Å². The number of benzene rings is 1. The summed E-state index contributed by atoms with van der Waals surface area (Å²) in [6, 6.07) is 8.63. The van der Waals surface area contributed by atoms with E-state index < -0.39 is 15.4 Å². The standard InChI is InChI=1S/C14H18N2O3S/c1-16-14(9-15,11-6-7-11)10-19-12-4-3-5-13(8-12)20(2,17)18/h3-5,8,11,16H,6-7,10H2,1-2H3. The fourth-order valence-electron chi connectivity index (χ4n) is 2.14. The molecular formula is C14H18N2O3S. The number of nitriles is 1. The summed E-state index contributed by atoms with van der Waals surface area (Å²) < 4.78 is 28.6. The van der Waals surface area contributed by atoms with Crippen molar-refractivity contribution in [1.29, 1.82) is 5.26 Å². The number of ether oxygens (including phenoxy) is 1. The Bertz CT molecular complexity index is 632. The lowest BCUT2D eigenvalue weighted by atomic mass is 9.96.